The Morgan fingerprint density at radius 1 is 1.29 bits per heavy atom. The molecular weight excluding hydrogens is 184 g/mol. The fraction of sp³-hybridized carbons (Fsp3) is 0.300. The minimum atomic E-state index is -1.42. The summed E-state index contributed by atoms with van der Waals surface area (Å²) >= 11 is 0. The Morgan fingerprint density at radius 2 is 1.86 bits per heavy atom. The predicted molar refractivity (Wildman–Crippen MR) is 51.0 cm³/mol. The summed E-state index contributed by atoms with van der Waals surface area (Å²) in [5, 5.41) is 18.1. The zero-order valence-corrected chi connectivity index (χ0v) is 8.29. The normalized spacial score (nSPS) is 9.93. The molecule has 1 rings (SSSR count). The van der Waals surface area contributed by atoms with E-state index in [1.165, 1.54) is 0 Å². The van der Waals surface area contributed by atoms with Crippen molar-refractivity contribution < 1.29 is 19.7 Å². The molecule has 0 fully saturated rings. The molecule has 0 heterocycles. The van der Waals surface area contributed by atoms with Crippen LogP contribution in [0.5, 0.6) is 11.5 Å². The third-order valence-electron chi connectivity index (χ3n) is 2.14. The molecule has 4 heteroatoms. The maximum Gasteiger partial charge on any atom is 0.511 e. The van der Waals surface area contributed by atoms with Crippen LogP contribution < -0.4 is 4.74 Å². The average Bonchev–Trinajstić information content (AvgIpc) is 2.09. The number of benzene rings is 1. The van der Waals surface area contributed by atoms with Crippen molar-refractivity contribution in [2.24, 2.45) is 0 Å². The molecule has 76 valence electrons. The van der Waals surface area contributed by atoms with Gasteiger partial charge in [-0.1, -0.05) is 6.07 Å². The second-order valence-corrected chi connectivity index (χ2v) is 3.18. The zero-order valence-electron chi connectivity index (χ0n) is 8.29. The predicted octanol–water partition coefficient (Wildman–Crippen LogP) is 2.37. The van der Waals surface area contributed by atoms with E-state index in [0.29, 0.717) is 11.1 Å². The molecule has 14 heavy (non-hydrogen) atoms. The summed E-state index contributed by atoms with van der Waals surface area (Å²) in [6.45, 7) is 5.23. The first-order valence-electron chi connectivity index (χ1n) is 4.14. The summed E-state index contributed by atoms with van der Waals surface area (Å²) in [7, 11) is 0. The minimum Gasteiger partial charge on any atom is -0.504 e. The van der Waals surface area contributed by atoms with Gasteiger partial charge in [-0.3, -0.25) is 0 Å². The van der Waals surface area contributed by atoms with Crippen LogP contribution in [0.3, 0.4) is 0 Å². The molecule has 0 aromatic heterocycles. The van der Waals surface area contributed by atoms with Crippen molar-refractivity contribution in [1.29, 1.82) is 0 Å². The smallest absolute Gasteiger partial charge is 0.504 e. The maximum atomic E-state index is 10.3. The number of rotatable bonds is 1. The van der Waals surface area contributed by atoms with Crippen LogP contribution in [-0.4, -0.2) is 16.4 Å². The van der Waals surface area contributed by atoms with Crippen LogP contribution in [-0.2, 0) is 0 Å². The Labute approximate surface area is 81.8 Å². The van der Waals surface area contributed by atoms with Crippen molar-refractivity contribution in [3.05, 3.63) is 22.8 Å². The number of hydrogen-bond acceptors (Lipinski definition) is 3. The summed E-state index contributed by atoms with van der Waals surface area (Å²) in [6.07, 6.45) is -1.42. The van der Waals surface area contributed by atoms with Gasteiger partial charge in [0, 0.05) is 0 Å². The van der Waals surface area contributed by atoms with Crippen molar-refractivity contribution in [2.45, 2.75) is 20.8 Å². The largest absolute Gasteiger partial charge is 0.511 e. The quantitative estimate of drug-likeness (QED) is 0.534. The topological polar surface area (TPSA) is 66.8 Å². The fourth-order valence-electron chi connectivity index (χ4n) is 1.26. The highest BCUT2D eigenvalue weighted by molar-refractivity contribution is 5.65. The molecule has 0 bridgehead atoms. The number of aryl methyl sites for hydroxylation is 2. The summed E-state index contributed by atoms with van der Waals surface area (Å²) in [4.78, 5) is 10.3. The minimum absolute atomic E-state index is 0.0144. The van der Waals surface area contributed by atoms with Gasteiger partial charge in [0.1, 0.15) is 0 Å². The highest BCUT2D eigenvalue weighted by atomic mass is 16.7. The molecule has 2 N–H and O–H groups in total. The molecule has 1 aromatic rings. The molecule has 0 aliphatic carbocycles. The first-order chi connectivity index (χ1) is 6.43. The Morgan fingerprint density at radius 3 is 2.36 bits per heavy atom. The Hall–Kier alpha value is -1.71. The highest BCUT2D eigenvalue weighted by Crippen LogP contribution is 2.35. The van der Waals surface area contributed by atoms with Gasteiger partial charge in [0.2, 0.25) is 0 Å². The monoisotopic (exact) mass is 196 g/mol. The van der Waals surface area contributed by atoms with E-state index in [0.717, 1.165) is 5.56 Å². The van der Waals surface area contributed by atoms with Gasteiger partial charge in [0.15, 0.2) is 11.5 Å². The van der Waals surface area contributed by atoms with Gasteiger partial charge < -0.3 is 14.9 Å². The van der Waals surface area contributed by atoms with E-state index in [4.69, 9.17) is 5.11 Å². The van der Waals surface area contributed by atoms with E-state index in [1.54, 1.807) is 19.9 Å². The lowest BCUT2D eigenvalue weighted by molar-refractivity contribution is 0.142. The number of ether oxygens (including phenoxy) is 1. The number of hydrogen-bond donors (Lipinski definition) is 2. The Kier molecular flexibility index (Phi) is 2.65. The summed E-state index contributed by atoms with van der Waals surface area (Å²) in [6, 6.07) is 1.77. The van der Waals surface area contributed by atoms with Crippen LogP contribution in [0.4, 0.5) is 4.79 Å². The molecule has 0 saturated heterocycles. The molecule has 0 radical (unpaired) electrons. The molecule has 0 saturated carbocycles. The lowest BCUT2D eigenvalue weighted by Gasteiger charge is -2.11. The number of carboxylic acid groups (broad SMARTS) is 1. The first-order valence-corrected chi connectivity index (χ1v) is 4.14. The van der Waals surface area contributed by atoms with Crippen LogP contribution in [0.15, 0.2) is 6.07 Å². The second-order valence-electron chi connectivity index (χ2n) is 3.18. The maximum absolute atomic E-state index is 10.3. The highest BCUT2D eigenvalue weighted by Gasteiger charge is 2.14. The van der Waals surface area contributed by atoms with E-state index in [9.17, 15) is 9.90 Å². The van der Waals surface area contributed by atoms with Gasteiger partial charge in [-0.15, -0.1) is 0 Å². The van der Waals surface area contributed by atoms with Gasteiger partial charge in [-0.25, -0.2) is 4.79 Å². The Balaban J connectivity index is 3.29. The van der Waals surface area contributed by atoms with Crippen LogP contribution in [0.1, 0.15) is 16.7 Å². The van der Waals surface area contributed by atoms with Gasteiger partial charge in [-0.2, -0.15) is 0 Å². The number of phenolic OH excluding ortho intramolecular Hbond substituents is 1. The van der Waals surface area contributed by atoms with E-state index < -0.39 is 6.16 Å². The first kappa shape index (κ1) is 10.4. The number of phenols is 1. The lowest BCUT2D eigenvalue weighted by atomic mass is 10.0. The molecule has 0 aliphatic heterocycles. The standard InChI is InChI=1S/C10H12O4/c1-5-4-6(2)9(14-10(12)13)8(11)7(5)3/h4,11H,1-3H3,(H,12,13). The molecule has 0 aliphatic rings. The summed E-state index contributed by atoms with van der Waals surface area (Å²) < 4.78 is 4.48. The van der Waals surface area contributed by atoms with Gasteiger partial charge in [0.25, 0.3) is 0 Å². The second kappa shape index (κ2) is 3.57. The van der Waals surface area contributed by atoms with Crippen LogP contribution in [0.25, 0.3) is 0 Å². The molecule has 0 unspecified atom stereocenters. The van der Waals surface area contributed by atoms with E-state index in [2.05, 4.69) is 4.74 Å². The molecule has 1 aromatic carbocycles. The third-order valence-corrected chi connectivity index (χ3v) is 2.14. The van der Waals surface area contributed by atoms with Crippen LogP contribution >= 0.6 is 0 Å². The number of aromatic hydroxyl groups is 1. The summed E-state index contributed by atoms with van der Waals surface area (Å²) in [5.41, 5.74) is 2.14. The molecular formula is C10H12O4. The Bertz CT molecular complexity index is 382. The molecule has 0 atom stereocenters. The van der Waals surface area contributed by atoms with Gasteiger partial charge in [-0.05, 0) is 37.5 Å². The van der Waals surface area contributed by atoms with E-state index >= 15 is 0 Å². The fourth-order valence-corrected chi connectivity index (χ4v) is 1.26. The van der Waals surface area contributed by atoms with Crippen molar-refractivity contribution in [2.75, 3.05) is 0 Å². The number of carbonyl (C=O) groups is 1. The van der Waals surface area contributed by atoms with Gasteiger partial charge in [0.05, 0.1) is 0 Å². The van der Waals surface area contributed by atoms with Crippen LogP contribution in [0.2, 0.25) is 0 Å². The van der Waals surface area contributed by atoms with E-state index in [-0.39, 0.29) is 11.5 Å². The zero-order chi connectivity index (χ0) is 10.9. The third kappa shape index (κ3) is 1.79. The average molecular weight is 196 g/mol. The lowest BCUT2D eigenvalue weighted by Crippen LogP contribution is -2.05. The van der Waals surface area contributed by atoms with Crippen molar-refractivity contribution in [1.82, 2.24) is 0 Å². The van der Waals surface area contributed by atoms with Gasteiger partial charge >= 0.3 is 6.16 Å². The molecule has 4 nitrogen and oxygen atoms in total. The molecule has 0 spiro atoms. The van der Waals surface area contributed by atoms with E-state index in [1.807, 2.05) is 6.92 Å². The SMILES string of the molecule is Cc1cc(C)c(OC(=O)O)c(O)c1C. The summed E-state index contributed by atoms with van der Waals surface area (Å²) in [5.74, 6) is -0.0921. The molecule has 0 amide bonds. The van der Waals surface area contributed by atoms with Crippen LogP contribution in [0, 0.1) is 20.8 Å². The van der Waals surface area contributed by atoms with Crippen molar-refractivity contribution in [3.8, 4) is 11.5 Å². The van der Waals surface area contributed by atoms with Crippen molar-refractivity contribution >= 4 is 6.16 Å². The van der Waals surface area contributed by atoms with Crippen molar-refractivity contribution in [3.63, 3.8) is 0 Å².